The van der Waals surface area contributed by atoms with E-state index in [1.165, 1.54) is 23.1 Å². The van der Waals surface area contributed by atoms with Gasteiger partial charge in [-0.2, -0.15) is 0 Å². The van der Waals surface area contributed by atoms with Gasteiger partial charge in [-0.25, -0.2) is 4.98 Å². The monoisotopic (exact) mass is 491 g/mol. The summed E-state index contributed by atoms with van der Waals surface area (Å²) in [5.41, 5.74) is 7.65. The van der Waals surface area contributed by atoms with Crippen molar-refractivity contribution in [3.05, 3.63) is 96.2 Å². The summed E-state index contributed by atoms with van der Waals surface area (Å²) in [5, 5.41) is 1.78. The third-order valence-corrected chi connectivity index (χ3v) is 8.33. The maximum Gasteiger partial charge on any atom is 0.244 e. The van der Waals surface area contributed by atoms with Gasteiger partial charge in [-0.1, -0.05) is 97.5 Å². The summed E-state index contributed by atoms with van der Waals surface area (Å²) >= 11 is 1.54. The Bertz CT molecular complexity index is 1460. The van der Waals surface area contributed by atoms with E-state index in [9.17, 15) is 4.79 Å². The molecule has 3 aromatic carbocycles. The Morgan fingerprint density at radius 1 is 0.917 bits per heavy atom. The van der Waals surface area contributed by atoms with Gasteiger partial charge < -0.3 is 4.98 Å². The van der Waals surface area contributed by atoms with E-state index in [1.807, 2.05) is 47.0 Å². The predicted molar refractivity (Wildman–Crippen MR) is 149 cm³/mol. The molecule has 0 radical (unpaired) electrons. The van der Waals surface area contributed by atoms with Crippen LogP contribution in [0.2, 0.25) is 0 Å². The number of carbonyl (C=O) groups excluding carboxylic acids is 1. The van der Waals surface area contributed by atoms with E-state index in [2.05, 4.69) is 54.4 Å². The van der Waals surface area contributed by atoms with Crippen LogP contribution in [0.15, 0.2) is 90.1 Å². The van der Waals surface area contributed by atoms with E-state index >= 15 is 0 Å². The van der Waals surface area contributed by atoms with Crippen molar-refractivity contribution in [1.82, 2.24) is 14.5 Å². The fraction of sp³-hybridized carbons (Fsp3) is 0.226. The summed E-state index contributed by atoms with van der Waals surface area (Å²) in [6, 6.07) is 28.9. The van der Waals surface area contributed by atoms with Crippen LogP contribution in [0.25, 0.3) is 33.4 Å². The number of nitrogens with one attached hydrogen (secondary N) is 1. The van der Waals surface area contributed by atoms with Gasteiger partial charge >= 0.3 is 0 Å². The normalized spacial score (nSPS) is 14.0. The first kappa shape index (κ1) is 22.9. The van der Waals surface area contributed by atoms with Crippen LogP contribution in [-0.2, 0) is 12.8 Å². The van der Waals surface area contributed by atoms with Crippen molar-refractivity contribution in [2.45, 2.75) is 49.4 Å². The number of fused-ring (bicyclic) bond motifs is 3. The first-order valence-corrected chi connectivity index (χ1v) is 13.7. The molecule has 0 bridgehead atoms. The van der Waals surface area contributed by atoms with Gasteiger partial charge in [0.2, 0.25) is 5.91 Å². The van der Waals surface area contributed by atoms with E-state index < -0.39 is 0 Å². The molecule has 1 atom stereocenters. The number of aromatic nitrogens is 3. The number of H-pyrrole nitrogens is 1. The van der Waals surface area contributed by atoms with Gasteiger partial charge in [0, 0.05) is 22.2 Å². The second-order valence-electron chi connectivity index (χ2n) is 9.34. The van der Waals surface area contributed by atoms with Crippen molar-refractivity contribution in [1.29, 1.82) is 0 Å². The van der Waals surface area contributed by atoms with Gasteiger partial charge in [-0.3, -0.25) is 9.36 Å². The molecule has 4 nitrogen and oxygen atoms in total. The Kier molecular flexibility index (Phi) is 6.24. The van der Waals surface area contributed by atoms with Crippen LogP contribution in [0.5, 0.6) is 0 Å². The quantitative estimate of drug-likeness (QED) is 0.247. The largest absolute Gasteiger partial charge is 0.332 e. The SMILES string of the molecule is CCC(Sc1nc(-c2ccccc2)c(-c2ccccc2)[nH]1)C(=O)n1c2c(c3ccccc31)CCCC2. The van der Waals surface area contributed by atoms with Crippen molar-refractivity contribution in [3.63, 3.8) is 0 Å². The molecule has 0 saturated heterocycles. The first-order valence-electron chi connectivity index (χ1n) is 12.8. The molecular weight excluding hydrogens is 462 g/mol. The summed E-state index contributed by atoms with van der Waals surface area (Å²) in [6.45, 7) is 2.09. The standard InChI is InChI=1S/C31H29N3OS/c1-2-27(30(35)34-25-19-11-9-17-23(25)24-18-10-12-20-26(24)34)36-31-32-28(21-13-5-3-6-14-21)29(33-31)22-15-7-4-8-16-22/h3-9,11,13-17,19,27H,2,10,12,18,20H2,1H3,(H,32,33). The van der Waals surface area contributed by atoms with Crippen molar-refractivity contribution in [3.8, 4) is 22.5 Å². The molecule has 0 aliphatic heterocycles. The highest BCUT2D eigenvalue weighted by molar-refractivity contribution is 8.00. The zero-order valence-corrected chi connectivity index (χ0v) is 21.2. The van der Waals surface area contributed by atoms with Gasteiger partial charge in [0.1, 0.15) is 0 Å². The van der Waals surface area contributed by atoms with Gasteiger partial charge in [-0.15, -0.1) is 0 Å². The number of thioether (sulfide) groups is 1. The van der Waals surface area contributed by atoms with Crippen LogP contribution >= 0.6 is 11.8 Å². The minimum absolute atomic E-state index is 0.153. The van der Waals surface area contributed by atoms with Gasteiger partial charge in [0.05, 0.1) is 22.2 Å². The Morgan fingerprint density at radius 2 is 1.58 bits per heavy atom. The number of aromatic amines is 1. The fourth-order valence-electron chi connectivity index (χ4n) is 5.36. The second kappa shape index (κ2) is 9.82. The highest BCUT2D eigenvalue weighted by atomic mass is 32.2. The molecule has 1 unspecified atom stereocenters. The van der Waals surface area contributed by atoms with Gasteiger partial charge in [-0.05, 0) is 43.7 Å². The fourth-order valence-corrected chi connectivity index (χ4v) is 6.31. The Balaban J connectivity index is 1.39. The van der Waals surface area contributed by atoms with Crippen LogP contribution in [-0.4, -0.2) is 25.7 Å². The number of carbonyl (C=O) groups is 1. The summed E-state index contributed by atoms with van der Waals surface area (Å²) in [7, 11) is 0. The second-order valence-corrected chi connectivity index (χ2v) is 10.5. The number of imidazole rings is 1. The molecule has 2 aromatic heterocycles. The van der Waals surface area contributed by atoms with Crippen molar-refractivity contribution < 1.29 is 4.79 Å². The number of aryl methyl sites for hydroxylation is 1. The average molecular weight is 492 g/mol. The zero-order chi connectivity index (χ0) is 24.5. The maximum absolute atomic E-state index is 14.1. The highest BCUT2D eigenvalue weighted by Gasteiger charge is 2.29. The molecule has 5 heteroatoms. The van der Waals surface area contributed by atoms with Crippen LogP contribution in [0, 0.1) is 0 Å². The smallest absolute Gasteiger partial charge is 0.244 e. The van der Waals surface area contributed by atoms with Crippen LogP contribution < -0.4 is 0 Å². The molecule has 6 rings (SSSR count). The lowest BCUT2D eigenvalue weighted by molar-refractivity contribution is 0.0910. The van der Waals surface area contributed by atoms with Gasteiger partial charge in [0.15, 0.2) is 5.16 Å². The van der Waals surface area contributed by atoms with E-state index in [0.717, 1.165) is 58.9 Å². The number of para-hydroxylation sites is 1. The molecule has 36 heavy (non-hydrogen) atoms. The van der Waals surface area contributed by atoms with Crippen molar-refractivity contribution in [2.24, 2.45) is 0 Å². The Labute approximate surface area is 215 Å². The lowest BCUT2D eigenvalue weighted by atomic mass is 9.95. The third kappa shape index (κ3) is 4.07. The minimum Gasteiger partial charge on any atom is -0.332 e. The molecule has 1 aliphatic carbocycles. The lowest BCUT2D eigenvalue weighted by Gasteiger charge is -2.18. The van der Waals surface area contributed by atoms with E-state index in [0.29, 0.717) is 0 Å². The molecule has 1 N–H and O–H groups in total. The minimum atomic E-state index is -0.231. The molecule has 0 saturated carbocycles. The Morgan fingerprint density at radius 3 is 2.33 bits per heavy atom. The summed E-state index contributed by atoms with van der Waals surface area (Å²) in [5.74, 6) is 0.153. The molecule has 5 aromatic rings. The molecule has 0 amide bonds. The average Bonchev–Trinajstić information content (AvgIpc) is 3.52. The number of benzene rings is 3. The van der Waals surface area contributed by atoms with E-state index in [4.69, 9.17) is 4.98 Å². The number of rotatable bonds is 6. The molecule has 0 fully saturated rings. The molecule has 0 spiro atoms. The van der Waals surface area contributed by atoms with E-state index in [1.54, 1.807) is 11.8 Å². The first-order chi connectivity index (χ1) is 17.7. The van der Waals surface area contributed by atoms with Gasteiger partial charge in [0.25, 0.3) is 0 Å². The molecule has 1 aliphatic rings. The molecule has 180 valence electrons. The van der Waals surface area contributed by atoms with Crippen molar-refractivity contribution in [2.75, 3.05) is 0 Å². The van der Waals surface area contributed by atoms with Crippen LogP contribution in [0.3, 0.4) is 0 Å². The third-order valence-electron chi connectivity index (χ3n) is 7.09. The van der Waals surface area contributed by atoms with E-state index in [-0.39, 0.29) is 11.2 Å². The van der Waals surface area contributed by atoms with Crippen molar-refractivity contribution >= 4 is 28.6 Å². The van der Waals surface area contributed by atoms with Crippen LogP contribution in [0.4, 0.5) is 0 Å². The predicted octanol–water partition coefficient (Wildman–Crippen LogP) is 7.79. The number of nitrogens with zero attached hydrogens (tertiary/aromatic N) is 2. The Hall–Kier alpha value is -3.57. The topological polar surface area (TPSA) is 50.7 Å². The molecular formula is C31H29N3OS. The summed E-state index contributed by atoms with van der Waals surface area (Å²) < 4.78 is 2.02. The molecule has 2 heterocycles. The zero-order valence-electron chi connectivity index (χ0n) is 20.4. The number of hydrogen-bond acceptors (Lipinski definition) is 3. The highest BCUT2D eigenvalue weighted by Crippen LogP contribution is 2.37. The summed E-state index contributed by atoms with van der Waals surface area (Å²) in [4.78, 5) is 22.6. The summed E-state index contributed by atoms with van der Waals surface area (Å²) in [6.07, 6.45) is 5.08. The maximum atomic E-state index is 14.1. The number of hydrogen-bond donors (Lipinski definition) is 1. The lowest BCUT2D eigenvalue weighted by Crippen LogP contribution is -2.26. The van der Waals surface area contributed by atoms with Crippen LogP contribution in [0.1, 0.15) is 42.2 Å².